The van der Waals surface area contributed by atoms with Crippen molar-refractivity contribution in [3.8, 4) is 0 Å². The summed E-state index contributed by atoms with van der Waals surface area (Å²) in [6.07, 6.45) is 1.74. The average molecular weight is 406 g/mol. The minimum absolute atomic E-state index is 0.0836. The Morgan fingerprint density at radius 2 is 2.11 bits per heavy atom. The van der Waals surface area contributed by atoms with Crippen LogP contribution in [0.1, 0.15) is 38.2 Å². The fourth-order valence-electron chi connectivity index (χ4n) is 3.82. The Kier molecular flexibility index (Phi) is 6.52. The molecule has 28 heavy (non-hydrogen) atoms. The summed E-state index contributed by atoms with van der Waals surface area (Å²) < 4.78 is 16.1. The summed E-state index contributed by atoms with van der Waals surface area (Å²) in [6, 6.07) is 7.12. The maximum Gasteiger partial charge on any atom is 0.336 e. The zero-order valence-corrected chi connectivity index (χ0v) is 17.0. The van der Waals surface area contributed by atoms with Crippen LogP contribution in [-0.4, -0.2) is 44.1 Å². The number of methoxy groups -OCH3 is 1. The van der Waals surface area contributed by atoms with Crippen LogP contribution in [0.5, 0.6) is 0 Å². The topological polar surface area (TPSA) is 74.2 Å². The monoisotopic (exact) mass is 405 g/mol. The van der Waals surface area contributed by atoms with Gasteiger partial charge in [0, 0.05) is 29.0 Å². The number of carbonyl (C=O) groups excluding carboxylic acids is 2. The summed E-state index contributed by atoms with van der Waals surface area (Å²) in [5, 5.41) is 0.519. The standard InChI is InChI=1S/C21H24ClNO5/c1-12-17(20(24)26-3)19(14-6-4-7-15(22)10-14)18(13(2)23-12)21(25)28-11-16-8-5-9-27-16/h4,6-7,10,16-17,19H,5,8-9,11H2,1-3H3/t16-,17?,19-/m0/s1. The number of esters is 2. The fraction of sp³-hybridized carbons (Fsp3) is 0.476. The van der Waals surface area contributed by atoms with Gasteiger partial charge in [0.2, 0.25) is 0 Å². The van der Waals surface area contributed by atoms with Crippen molar-refractivity contribution in [3.05, 3.63) is 46.1 Å². The van der Waals surface area contributed by atoms with Gasteiger partial charge in [-0.25, -0.2) is 4.79 Å². The molecule has 6 nitrogen and oxygen atoms in total. The van der Waals surface area contributed by atoms with Crippen LogP contribution in [0, 0.1) is 5.92 Å². The Labute approximate surface area is 169 Å². The van der Waals surface area contributed by atoms with Gasteiger partial charge in [0.25, 0.3) is 0 Å². The lowest BCUT2D eigenvalue weighted by atomic mass is 9.75. The third kappa shape index (κ3) is 4.28. The molecule has 0 amide bonds. The van der Waals surface area contributed by atoms with Crippen molar-refractivity contribution in [1.29, 1.82) is 0 Å². The molecule has 0 saturated carbocycles. The minimum Gasteiger partial charge on any atom is -0.468 e. The van der Waals surface area contributed by atoms with E-state index in [-0.39, 0.29) is 12.7 Å². The van der Waals surface area contributed by atoms with Crippen molar-refractivity contribution in [2.24, 2.45) is 10.9 Å². The third-order valence-corrected chi connectivity index (χ3v) is 5.37. The number of ether oxygens (including phenoxy) is 3. The largest absolute Gasteiger partial charge is 0.468 e. The van der Waals surface area contributed by atoms with Gasteiger partial charge in [-0.05, 0) is 44.4 Å². The molecule has 2 aliphatic heterocycles. The Morgan fingerprint density at radius 1 is 1.32 bits per heavy atom. The number of hydrogen-bond acceptors (Lipinski definition) is 6. The molecular formula is C21H24ClNO5. The normalized spacial score (nSPS) is 24.7. The molecule has 0 radical (unpaired) electrons. The van der Waals surface area contributed by atoms with E-state index in [2.05, 4.69) is 4.99 Å². The molecule has 2 aliphatic rings. The fourth-order valence-corrected chi connectivity index (χ4v) is 4.02. The molecule has 1 fully saturated rings. The molecule has 3 atom stereocenters. The molecule has 1 unspecified atom stereocenters. The van der Waals surface area contributed by atoms with E-state index in [1.807, 2.05) is 6.07 Å². The van der Waals surface area contributed by atoms with Gasteiger partial charge in [-0.1, -0.05) is 23.7 Å². The molecule has 0 bridgehead atoms. The zero-order valence-electron chi connectivity index (χ0n) is 16.2. The lowest BCUT2D eigenvalue weighted by Crippen LogP contribution is -2.36. The molecule has 2 heterocycles. The number of nitrogens with zero attached hydrogens (tertiary/aromatic N) is 1. The van der Waals surface area contributed by atoms with Crippen molar-refractivity contribution >= 4 is 29.3 Å². The molecule has 0 aromatic heterocycles. The Hall–Kier alpha value is -2.18. The van der Waals surface area contributed by atoms with Gasteiger partial charge in [-0.15, -0.1) is 0 Å². The quantitative estimate of drug-likeness (QED) is 0.698. The number of halogens is 1. The predicted molar refractivity (Wildman–Crippen MR) is 105 cm³/mol. The summed E-state index contributed by atoms with van der Waals surface area (Å²) in [5.74, 6) is -2.26. The molecule has 1 aromatic rings. The predicted octanol–water partition coefficient (Wildman–Crippen LogP) is 3.68. The van der Waals surface area contributed by atoms with E-state index in [1.165, 1.54) is 7.11 Å². The first-order chi connectivity index (χ1) is 13.4. The third-order valence-electron chi connectivity index (χ3n) is 5.14. The second-order valence-electron chi connectivity index (χ2n) is 7.02. The van der Waals surface area contributed by atoms with Crippen LogP contribution in [0.25, 0.3) is 0 Å². The number of benzene rings is 1. The first-order valence-corrected chi connectivity index (χ1v) is 9.68. The molecule has 1 aromatic carbocycles. The number of rotatable bonds is 5. The highest BCUT2D eigenvalue weighted by atomic mass is 35.5. The van der Waals surface area contributed by atoms with Gasteiger partial charge in [0.15, 0.2) is 0 Å². The van der Waals surface area contributed by atoms with Gasteiger partial charge in [-0.2, -0.15) is 0 Å². The van der Waals surface area contributed by atoms with Crippen LogP contribution in [0.4, 0.5) is 0 Å². The summed E-state index contributed by atoms with van der Waals surface area (Å²) >= 11 is 6.18. The van der Waals surface area contributed by atoms with Gasteiger partial charge in [0.05, 0.1) is 18.8 Å². The second kappa shape index (κ2) is 8.88. The SMILES string of the molecule is COC(=O)C1C(C)=NC(C)=C(C(=O)OC[C@@H]2CCCO2)[C@H]1c1cccc(Cl)c1. The highest BCUT2D eigenvalue weighted by Gasteiger charge is 2.42. The maximum absolute atomic E-state index is 13.0. The first kappa shape index (κ1) is 20.6. The minimum atomic E-state index is -0.725. The van der Waals surface area contributed by atoms with Gasteiger partial charge in [-0.3, -0.25) is 9.79 Å². The van der Waals surface area contributed by atoms with Crippen molar-refractivity contribution in [1.82, 2.24) is 0 Å². The number of hydrogen-bond donors (Lipinski definition) is 0. The molecule has 0 N–H and O–H groups in total. The molecular weight excluding hydrogens is 382 g/mol. The molecule has 0 spiro atoms. The highest BCUT2D eigenvalue weighted by molar-refractivity contribution is 6.30. The van der Waals surface area contributed by atoms with Crippen molar-refractivity contribution in [2.45, 2.75) is 38.7 Å². The highest BCUT2D eigenvalue weighted by Crippen LogP contribution is 2.40. The van der Waals surface area contributed by atoms with Gasteiger partial charge >= 0.3 is 11.9 Å². The van der Waals surface area contributed by atoms with Crippen LogP contribution in [0.3, 0.4) is 0 Å². The first-order valence-electron chi connectivity index (χ1n) is 9.30. The lowest BCUT2D eigenvalue weighted by Gasteiger charge is -2.31. The zero-order chi connectivity index (χ0) is 20.3. The van der Waals surface area contributed by atoms with Crippen LogP contribution < -0.4 is 0 Å². The second-order valence-corrected chi connectivity index (χ2v) is 7.46. The molecule has 150 valence electrons. The Bertz CT molecular complexity index is 826. The summed E-state index contributed by atoms with van der Waals surface area (Å²) in [7, 11) is 1.32. The number of allylic oxidation sites excluding steroid dienone is 1. The smallest absolute Gasteiger partial charge is 0.336 e. The number of aliphatic imine (C=N–C) groups is 1. The van der Waals surface area contributed by atoms with E-state index >= 15 is 0 Å². The molecule has 1 saturated heterocycles. The van der Waals surface area contributed by atoms with Crippen LogP contribution in [-0.2, 0) is 23.8 Å². The van der Waals surface area contributed by atoms with Gasteiger partial charge < -0.3 is 14.2 Å². The van der Waals surface area contributed by atoms with E-state index in [1.54, 1.807) is 32.0 Å². The van der Waals surface area contributed by atoms with Gasteiger partial charge in [0.1, 0.15) is 12.5 Å². The van der Waals surface area contributed by atoms with E-state index in [0.717, 1.165) is 18.4 Å². The van der Waals surface area contributed by atoms with Crippen LogP contribution in [0.15, 0.2) is 40.5 Å². The lowest BCUT2D eigenvalue weighted by molar-refractivity contribution is -0.144. The van der Waals surface area contributed by atoms with Crippen LogP contribution >= 0.6 is 11.6 Å². The summed E-state index contributed by atoms with van der Waals surface area (Å²) in [5.41, 5.74) is 2.20. The Balaban J connectivity index is 1.98. The van der Waals surface area contributed by atoms with E-state index < -0.39 is 23.8 Å². The van der Waals surface area contributed by atoms with Crippen molar-refractivity contribution < 1.29 is 23.8 Å². The Morgan fingerprint density at radius 3 is 2.75 bits per heavy atom. The summed E-state index contributed by atoms with van der Waals surface area (Å²) in [6.45, 7) is 4.38. The average Bonchev–Trinajstić information content (AvgIpc) is 3.18. The van der Waals surface area contributed by atoms with Crippen molar-refractivity contribution in [3.63, 3.8) is 0 Å². The van der Waals surface area contributed by atoms with Crippen molar-refractivity contribution in [2.75, 3.05) is 20.3 Å². The van der Waals surface area contributed by atoms with Crippen LogP contribution in [0.2, 0.25) is 5.02 Å². The number of carbonyl (C=O) groups is 2. The van der Waals surface area contributed by atoms with E-state index in [9.17, 15) is 9.59 Å². The van der Waals surface area contributed by atoms with E-state index in [0.29, 0.717) is 28.6 Å². The molecule has 0 aliphatic carbocycles. The maximum atomic E-state index is 13.0. The van der Waals surface area contributed by atoms with E-state index in [4.69, 9.17) is 25.8 Å². The molecule has 3 rings (SSSR count). The summed E-state index contributed by atoms with van der Waals surface area (Å²) in [4.78, 5) is 30.0. The molecule has 7 heteroatoms.